The molecule has 0 aliphatic carbocycles. The molecule has 1 aliphatic rings. The quantitative estimate of drug-likeness (QED) is 0.878. The Morgan fingerprint density at radius 3 is 2.74 bits per heavy atom. The molecule has 0 bridgehead atoms. The predicted octanol–water partition coefficient (Wildman–Crippen LogP) is 0.973. The van der Waals surface area contributed by atoms with Gasteiger partial charge in [-0.1, -0.05) is 6.92 Å². The lowest BCUT2D eigenvalue weighted by Gasteiger charge is -2.33. The molecule has 0 atom stereocenters. The van der Waals surface area contributed by atoms with Crippen LogP contribution < -0.4 is 10.2 Å². The van der Waals surface area contributed by atoms with Crippen molar-refractivity contribution in [3.05, 3.63) is 24.0 Å². The monoisotopic (exact) mass is 262 g/mol. The van der Waals surface area contributed by atoms with Crippen LogP contribution in [0.25, 0.3) is 0 Å². The van der Waals surface area contributed by atoms with Crippen molar-refractivity contribution in [2.45, 2.75) is 13.3 Å². The van der Waals surface area contributed by atoms with E-state index in [2.05, 4.69) is 27.1 Å². The Hall–Kier alpha value is -1.62. The minimum Gasteiger partial charge on any atom is -0.368 e. The largest absolute Gasteiger partial charge is 0.368 e. The fourth-order valence-corrected chi connectivity index (χ4v) is 2.13. The molecule has 104 valence electrons. The average Bonchev–Trinajstić information content (AvgIpc) is 2.45. The number of aromatic nitrogens is 1. The molecule has 0 spiro atoms. The number of carbonyl (C=O) groups is 1. The van der Waals surface area contributed by atoms with Gasteiger partial charge in [-0.05, 0) is 19.5 Å². The summed E-state index contributed by atoms with van der Waals surface area (Å²) in [5.41, 5.74) is 1.68. The molecule has 1 aliphatic heterocycles. The number of likely N-dealkylation sites (N-methyl/N-ethyl adjacent to an activating group) is 1. The molecule has 2 heterocycles. The normalized spacial score (nSPS) is 16.4. The van der Waals surface area contributed by atoms with Crippen LogP contribution in [0.15, 0.2) is 18.5 Å². The van der Waals surface area contributed by atoms with Crippen molar-refractivity contribution in [3.8, 4) is 0 Å². The van der Waals surface area contributed by atoms with Gasteiger partial charge in [0.2, 0.25) is 0 Å². The van der Waals surface area contributed by atoms with Gasteiger partial charge in [0.15, 0.2) is 0 Å². The number of piperazine rings is 1. The average molecular weight is 262 g/mol. The molecule has 1 amide bonds. The zero-order chi connectivity index (χ0) is 13.7. The second-order valence-electron chi connectivity index (χ2n) is 4.98. The van der Waals surface area contributed by atoms with Gasteiger partial charge in [0, 0.05) is 38.9 Å². The second kappa shape index (κ2) is 6.52. The van der Waals surface area contributed by atoms with Gasteiger partial charge in [0.25, 0.3) is 5.91 Å². The Morgan fingerprint density at radius 1 is 1.32 bits per heavy atom. The van der Waals surface area contributed by atoms with Crippen LogP contribution in [-0.2, 0) is 0 Å². The number of amides is 1. The molecule has 0 unspecified atom stereocenters. The van der Waals surface area contributed by atoms with Gasteiger partial charge in [-0.15, -0.1) is 0 Å². The van der Waals surface area contributed by atoms with Crippen molar-refractivity contribution in [1.82, 2.24) is 15.2 Å². The minimum atomic E-state index is -0.0367. The molecule has 0 saturated carbocycles. The second-order valence-corrected chi connectivity index (χ2v) is 4.98. The summed E-state index contributed by atoms with van der Waals surface area (Å²) < 4.78 is 0. The number of hydrogen-bond acceptors (Lipinski definition) is 4. The number of carbonyl (C=O) groups excluding carboxylic acids is 1. The van der Waals surface area contributed by atoms with E-state index in [0.29, 0.717) is 12.1 Å². The van der Waals surface area contributed by atoms with Crippen molar-refractivity contribution < 1.29 is 4.79 Å². The molecule has 1 N–H and O–H groups in total. The van der Waals surface area contributed by atoms with E-state index in [1.807, 2.05) is 19.2 Å². The van der Waals surface area contributed by atoms with Gasteiger partial charge in [-0.2, -0.15) is 0 Å². The van der Waals surface area contributed by atoms with Gasteiger partial charge < -0.3 is 15.1 Å². The molecule has 1 aromatic rings. The fraction of sp³-hybridized carbons (Fsp3) is 0.571. The number of rotatable bonds is 4. The van der Waals surface area contributed by atoms with Crippen molar-refractivity contribution in [2.24, 2.45) is 0 Å². The molecule has 0 aromatic carbocycles. The first-order valence-corrected chi connectivity index (χ1v) is 6.87. The van der Waals surface area contributed by atoms with Gasteiger partial charge >= 0.3 is 0 Å². The summed E-state index contributed by atoms with van der Waals surface area (Å²) in [6, 6.07) is 1.93. The molecule has 1 aromatic heterocycles. The Morgan fingerprint density at radius 2 is 2.05 bits per heavy atom. The third-order valence-electron chi connectivity index (χ3n) is 3.39. The number of anilines is 1. The van der Waals surface area contributed by atoms with E-state index in [1.165, 1.54) is 0 Å². The lowest BCUT2D eigenvalue weighted by molar-refractivity contribution is 0.0953. The zero-order valence-corrected chi connectivity index (χ0v) is 11.7. The first-order valence-electron chi connectivity index (χ1n) is 6.87. The summed E-state index contributed by atoms with van der Waals surface area (Å²) in [6.07, 6.45) is 4.41. The zero-order valence-electron chi connectivity index (χ0n) is 11.7. The van der Waals surface area contributed by atoms with E-state index in [1.54, 1.807) is 6.20 Å². The van der Waals surface area contributed by atoms with Crippen LogP contribution in [-0.4, -0.2) is 55.6 Å². The maximum atomic E-state index is 11.9. The smallest absolute Gasteiger partial charge is 0.252 e. The number of pyridine rings is 1. The summed E-state index contributed by atoms with van der Waals surface area (Å²) >= 11 is 0. The highest BCUT2D eigenvalue weighted by Crippen LogP contribution is 2.16. The fourth-order valence-electron chi connectivity index (χ4n) is 2.13. The lowest BCUT2D eigenvalue weighted by Crippen LogP contribution is -2.44. The third kappa shape index (κ3) is 3.67. The number of hydrogen-bond donors (Lipinski definition) is 1. The first kappa shape index (κ1) is 13.8. The molecule has 0 radical (unpaired) electrons. The van der Waals surface area contributed by atoms with Gasteiger partial charge in [0.05, 0.1) is 17.4 Å². The molecule has 19 heavy (non-hydrogen) atoms. The molecule has 1 fully saturated rings. The molecule has 5 nitrogen and oxygen atoms in total. The van der Waals surface area contributed by atoms with Crippen molar-refractivity contribution in [3.63, 3.8) is 0 Å². The standard InChI is InChI=1S/C14H22N4O/c1-3-4-16-14(19)12-9-13(11-15-10-12)18-7-5-17(2)6-8-18/h9-11H,3-8H2,1-2H3,(H,16,19). The van der Waals surface area contributed by atoms with E-state index in [0.717, 1.165) is 38.3 Å². The Kier molecular flexibility index (Phi) is 4.74. The molecule has 2 rings (SSSR count). The van der Waals surface area contributed by atoms with E-state index in [9.17, 15) is 4.79 Å². The summed E-state index contributed by atoms with van der Waals surface area (Å²) in [6.45, 7) is 6.81. The molecular formula is C14H22N4O. The molecule has 5 heteroatoms. The highest BCUT2D eigenvalue weighted by molar-refractivity contribution is 5.94. The summed E-state index contributed by atoms with van der Waals surface area (Å²) in [5, 5.41) is 2.88. The first-order chi connectivity index (χ1) is 9.20. The van der Waals surface area contributed by atoms with Crippen LogP contribution in [0.1, 0.15) is 23.7 Å². The topological polar surface area (TPSA) is 48.5 Å². The molecular weight excluding hydrogens is 240 g/mol. The van der Waals surface area contributed by atoms with Gasteiger partial charge in [0.1, 0.15) is 0 Å². The summed E-state index contributed by atoms with van der Waals surface area (Å²) in [5.74, 6) is -0.0367. The Balaban J connectivity index is 2.04. The van der Waals surface area contributed by atoms with Crippen LogP contribution >= 0.6 is 0 Å². The van der Waals surface area contributed by atoms with E-state index in [-0.39, 0.29) is 5.91 Å². The van der Waals surface area contributed by atoms with Gasteiger partial charge in [-0.3, -0.25) is 9.78 Å². The van der Waals surface area contributed by atoms with Crippen LogP contribution in [0, 0.1) is 0 Å². The maximum Gasteiger partial charge on any atom is 0.252 e. The summed E-state index contributed by atoms with van der Waals surface area (Å²) in [7, 11) is 2.13. The lowest BCUT2D eigenvalue weighted by atomic mass is 10.2. The number of nitrogens with zero attached hydrogens (tertiary/aromatic N) is 3. The van der Waals surface area contributed by atoms with Crippen LogP contribution in [0.4, 0.5) is 5.69 Å². The van der Waals surface area contributed by atoms with Crippen LogP contribution in [0.5, 0.6) is 0 Å². The minimum absolute atomic E-state index is 0.0367. The third-order valence-corrected chi connectivity index (χ3v) is 3.39. The van der Waals surface area contributed by atoms with Crippen LogP contribution in [0.2, 0.25) is 0 Å². The maximum absolute atomic E-state index is 11.9. The van der Waals surface area contributed by atoms with Gasteiger partial charge in [-0.25, -0.2) is 0 Å². The SMILES string of the molecule is CCCNC(=O)c1cncc(N2CCN(C)CC2)c1. The Labute approximate surface area is 114 Å². The van der Waals surface area contributed by atoms with E-state index >= 15 is 0 Å². The van der Waals surface area contributed by atoms with E-state index in [4.69, 9.17) is 0 Å². The summed E-state index contributed by atoms with van der Waals surface area (Å²) in [4.78, 5) is 20.7. The highest BCUT2D eigenvalue weighted by atomic mass is 16.1. The van der Waals surface area contributed by atoms with Crippen LogP contribution in [0.3, 0.4) is 0 Å². The van der Waals surface area contributed by atoms with E-state index < -0.39 is 0 Å². The number of nitrogens with one attached hydrogen (secondary N) is 1. The highest BCUT2D eigenvalue weighted by Gasteiger charge is 2.15. The van der Waals surface area contributed by atoms with Crippen molar-refractivity contribution in [2.75, 3.05) is 44.7 Å². The van der Waals surface area contributed by atoms with Crippen molar-refractivity contribution in [1.29, 1.82) is 0 Å². The Bertz CT molecular complexity index is 427. The molecule has 1 saturated heterocycles. The van der Waals surface area contributed by atoms with Crippen molar-refractivity contribution >= 4 is 11.6 Å². The predicted molar refractivity (Wildman–Crippen MR) is 76.6 cm³/mol.